The van der Waals surface area contributed by atoms with Crippen LogP contribution in [0, 0.1) is 17.3 Å². The van der Waals surface area contributed by atoms with E-state index in [-0.39, 0.29) is 17.8 Å². The molecule has 0 spiro atoms. The molecule has 4 aromatic rings. The highest BCUT2D eigenvalue weighted by Crippen LogP contribution is 2.37. The summed E-state index contributed by atoms with van der Waals surface area (Å²) >= 11 is 0. The number of carbonyl (C=O) groups is 2. The van der Waals surface area contributed by atoms with E-state index in [0.717, 1.165) is 26.9 Å². The van der Waals surface area contributed by atoms with Crippen LogP contribution in [0.15, 0.2) is 72.9 Å². The molecule has 40 heavy (non-hydrogen) atoms. The number of amides is 2. The summed E-state index contributed by atoms with van der Waals surface area (Å²) in [6, 6.07) is 19.8. The molecule has 2 aromatic carbocycles. The number of carbonyl (C=O) groups excluding carboxylic acids is 1. The Labute approximate surface area is 234 Å². The molecule has 4 rings (SSSR count). The molecule has 1 atom stereocenters. The quantitative estimate of drug-likeness (QED) is 0.290. The molecule has 2 N–H and O–H groups in total. The zero-order valence-electron chi connectivity index (χ0n) is 23.2. The Morgan fingerprint density at radius 1 is 1.02 bits per heavy atom. The number of anilines is 1. The highest BCUT2D eigenvalue weighted by molar-refractivity contribution is 5.99. The van der Waals surface area contributed by atoms with Crippen LogP contribution in [0.4, 0.5) is 10.6 Å². The van der Waals surface area contributed by atoms with Gasteiger partial charge in [-0.1, -0.05) is 63.1 Å². The van der Waals surface area contributed by atoms with Crippen LogP contribution in [0.25, 0.3) is 22.0 Å². The Bertz CT molecular complexity index is 1600. The molecule has 0 aliphatic rings. The summed E-state index contributed by atoms with van der Waals surface area (Å²) in [6.45, 7) is 7.51. The SMILES string of the molecule is COc1c(-c2cccc3ncccc23)cc(NC(=O)C(C)N(CC(C)(C)C)C(=O)O)nc1C#Cc1ccccc1. The van der Waals surface area contributed by atoms with Crippen molar-refractivity contribution in [2.75, 3.05) is 19.0 Å². The van der Waals surface area contributed by atoms with Crippen LogP contribution in [-0.2, 0) is 4.79 Å². The van der Waals surface area contributed by atoms with Crippen LogP contribution in [0.3, 0.4) is 0 Å². The van der Waals surface area contributed by atoms with Gasteiger partial charge >= 0.3 is 6.09 Å². The number of methoxy groups -OCH3 is 1. The smallest absolute Gasteiger partial charge is 0.407 e. The number of hydrogen-bond donors (Lipinski definition) is 2. The van der Waals surface area contributed by atoms with Gasteiger partial charge in [-0.05, 0) is 54.2 Å². The lowest BCUT2D eigenvalue weighted by molar-refractivity contribution is -0.120. The number of aromatic nitrogens is 2. The van der Waals surface area contributed by atoms with Gasteiger partial charge in [0.05, 0.1) is 12.6 Å². The lowest BCUT2D eigenvalue weighted by Crippen LogP contribution is -2.48. The zero-order valence-corrected chi connectivity index (χ0v) is 23.2. The number of carboxylic acid groups (broad SMARTS) is 1. The van der Waals surface area contributed by atoms with Crippen LogP contribution in [0.1, 0.15) is 39.0 Å². The van der Waals surface area contributed by atoms with Gasteiger partial charge in [0.2, 0.25) is 5.91 Å². The van der Waals surface area contributed by atoms with Gasteiger partial charge < -0.3 is 15.2 Å². The Hall–Kier alpha value is -4.90. The second-order valence-electron chi connectivity index (χ2n) is 10.6. The lowest BCUT2D eigenvalue weighted by Gasteiger charge is -2.31. The molecule has 2 heterocycles. The van der Waals surface area contributed by atoms with E-state index in [9.17, 15) is 14.7 Å². The van der Waals surface area contributed by atoms with Gasteiger partial charge in [-0.15, -0.1) is 0 Å². The van der Waals surface area contributed by atoms with E-state index >= 15 is 0 Å². The van der Waals surface area contributed by atoms with Crippen molar-refractivity contribution in [3.05, 3.63) is 84.2 Å². The number of fused-ring (bicyclic) bond motifs is 1. The largest absolute Gasteiger partial charge is 0.493 e. The minimum atomic E-state index is -1.17. The fourth-order valence-electron chi connectivity index (χ4n) is 4.33. The molecular weight excluding hydrogens is 504 g/mol. The molecular formula is C32H32N4O4. The number of pyridine rings is 2. The maximum atomic E-state index is 13.3. The van der Waals surface area contributed by atoms with Gasteiger partial charge in [0.1, 0.15) is 11.9 Å². The van der Waals surface area contributed by atoms with E-state index in [2.05, 4.69) is 27.1 Å². The second kappa shape index (κ2) is 11.9. The van der Waals surface area contributed by atoms with Crippen LogP contribution in [0.2, 0.25) is 0 Å². The number of rotatable bonds is 6. The minimum absolute atomic E-state index is 0.190. The molecule has 0 aliphatic carbocycles. The predicted octanol–water partition coefficient (Wildman–Crippen LogP) is 6.06. The van der Waals surface area contributed by atoms with Crippen LogP contribution >= 0.6 is 0 Å². The van der Waals surface area contributed by atoms with Crippen molar-refractivity contribution in [2.24, 2.45) is 5.41 Å². The van der Waals surface area contributed by atoms with Crippen LogP contribution in [-0.4, -0.2) is 51.7 Å². The standard InChI is InChI=1S/C32H32N4O4/c1-21(36(31(38)39)20-32(2,3)4)30(37)35-28-19-25(23-13-9-15-26-24(23)14-10-18-33-26)29(40-5)27(34-28)17-16-22-11-7-6-8-12-22/h6-15,18-19,21H,20H2,1-5H3,(H,38,39)(H,34,35,37). The van der Waals surface area contributed by atoms with E-state index in [1.54, 1.807) is 26.3 Å². The van der Waals surface area contributed by atoms with Crippen molar-refractivity contribution in [2.45, 2.75) is 33.7 Å². The summed E-state index contributed by atoms with van der Waals surface area (Å²) < 4.78 is 5.82. The van der Waals surface area contributed by atoms with Gasteiger partial charge in [-0.2, -0.15) is 0 Å². The number of nitrogens with zero attached hydrogens (tertiary/aromatic N) is 3. The fraction of sp³-hybridized carbons (Fsp3) is 0.250. The zero-order chi connectivity index (χ0) is 28.9. The average Bonchev–Trinajstić information content (AvgIpc) is 2.93. The Balaban J connectivity index is 1.82. The molecule has 2 aromatic heterocycles. The monoisotopic (exact) mass is 536 g/mol. The van der Waals surface area contributed by atoms with E-state index in [0.29, 0.717) is 17.0 Å². The lowest BCUT2D eigenvalue weighted by atomic mass is 9.95. The summed E-state index contributed by atoms with van der Waals surface area (Å²) in [5, 5.41) is 13.5. The molecule has 2 amide bonds. The first kappa shape index (κ1) is 28.1. The Morgan fingerprint density at radius 2 is 1.77 bits per heavy atom. The van der Waals surface area contributed by atoms with Crippen LogP contribution < -0.4 is 10.1 Å². The first-order valence-electron chi connectivity index (χ1n) is 12.9. The average molecular weight is 537 g/mol. The van der Waals surface area contributed by atoms with E-state index in [1.165, 1.54) is 0 Å². The van der Waals surface area contributed by atoms with Crippen molar-refractivity contribution in [1.82, 2.24) is 14.9 Å². The van der Waals surface area contributed by atoms with E-state index < -0.39 is 18.0 Å². The second-order valence-corrected chi connectivity index (χ2v) is 10.6. The third kappa shape index (κ3) is 6.56. The third-order valence-electron chi connectivity index (χ3n) is 6.20. The summed E-state index contributed by atoms with van der Waals surface area (Å²) in [7, 11) is 1.55. The maximum absolute atomic E-state index is 13.3. The summed E-state index contributed by atoms with van der Waals surface area (Å²) in [4.78, 5) is 35.5. The van der Waals surface area contributed by atoms with Gasteiger partial charge in [0.25, 0.3) is 0 Å². The van der Waals surface area contributed by atoms with Gasteiger partial charge in [0.15, 0.2) is 11.4 Å². The molecule has 1 unspecified atom stereocenters. The van der Waals surface area contributed by atoms with Gasteiger partial charge in [-0.3, -0.25) is 14.7 Å². The first-order chi connectivity index (χ1) is 19.1. The Kier molecular flexibility index (Phi) is 8.34. The molecule has 204 valence electrons. The van der Waals surface area contributed by atoms with Gasteiger partial charge in [-0.25, -0.2) is 9.78 Å². The first-order valence-corrected chi connectivity index (χ1v) is 12.9. The highest BCUT2D eigenvalue weighted by Gasteiger charge is 2.30. The van der Waals surface area contributed by atoms with E-state index in [4.69, 9.17) is 4.74 Å². The number of hydrogen-bond acceptors (Lipinski definition) is 5. The molecule has 0 aliphatic heterocycles. The van der Waals surface area contributed by atoms with Crippen molar-refractivity contribution in [3.8, 4) is 28.7 Å². The molecule has 0 bridgehead atoms. The van der Waals surface area contributed by atoms with Crippen molar-refractivity contribution in [1.29, 1.82) is 0 Å². The summed E-state index contributed by atoms with van der Waals surface area (Å²) in [5.74, 6) is 6.38. The number of ether oxygens (including phenoxy) is 1. The Morgan fingerprint density at radius 3 is 2.45 bits per heavy atom. The van der Waals surface area contributed by atoms with E-state index in [1.807, 2.05) is 81.4 Å². The summed E-state index contributed by atoms with van der Waals surface area (Å²) in [5.41, 5.74) is 3.09. The molecule has 8 heteroatoms. The highest BCUT2D eigenvalue weighted by atomic mass is 16.5. The topological polar surface area (TPSA) is 105 Å². The van der Waals surface area contributed by atoms with Crippen molar-refractivity contribution in [3.63, 3.8) is 0 Å². The number of nitrogens with one attached hydrogen (secondary N) is 1. The van der Waals surface area contributed by atoms with Crippen molar-refractivity contribution < 1.29 is 19.4 Å². The number of benzene rings is 2. The minimum Gasteiger partial charge on any atom is -0.493 e. The maximum Gasteiger partial charge on any atom is 0.407 e. The van der Waals surface area contributed by atoms with Gasteiger partial charge in [0, 0.05) is 29.3 Å². The fourth-order valence-corrected chi connectivity index (χ4v) is 4.33. The molecule has 0 saturated heterocycles. The molecule has 0 fully saturated rings. The molecule has 8 nitrogen and oxygen atoms in total. The molecule has 0 saturated carbocycles. The molecule has 0 radical (unpaired) electrons. The van der Waals surface area contributed by atoms with Crippen molar-refractivity contribution >= 4 is 28.7 Å². The third-order valence-corrected chi connectivity index (χ3v) is 6.20. The van der Waals surface area contributed by atoms with Crippen LogP contribution in [0.5, 0.6) is 5.75 Å². The predicted molar refractivity (Wildman–Crippen MR) is 156 cm³/mol. The summed E-state index contributed by atoms with van der Waals surface area (Å²) in [6.07, 6.45) is 0.560. The normalized spacial score (nSPS) is 11.7.